The quantitative estimate of drug-likeness (QED) is 0.735. The monoisotopic (exact) mass is 304 g/mol. The summed E-state index contributed by atoms with van der Waals surface area (Å²) >= 11 is 0. The molecule has 7 heteroatoms. The number of rotatable bonds is 7. The van der Waals surface area contributed by atoms with E-state index in [1.807, 2.05) is 0 Å². The van der Waals surface area contributed by atoms with Crippen molar-refractivity contribution in [3.63, 3.8) is 0 Å². The van der Waals surface area contributed by atoms with Crippen LogP contribution in [0.2, 0.25) is 0 Å². The van der Waals surface area contributed by atoms with Crippen LogP contribution in [0, 0.1) is 5.92 Å². The zero-order chi connectivity index (χ0) is 15.9. The SMILES string of the molecule is CCCCCCc1nnn(C(=O)n2ccnn2)c1CC(C)C. The second kappa shape index (κ2) is 7.82. The molecule has 0 radical (unpaired) electrons. The highest BCUT2D eigenvalue weighted by Crippen LogP contribution is 2.15. The van der Waals surface area contributed by atoms with Crippen molar-refractivity contribution in [1.29, 1.82) is 0 Å². The Kier molecular flexibility index (Phi) is 5.80. The predicted octanol–water partition coefficient (Wildman–Crippen LogP) is 2.71. The number of unbranched alkanes of at least 4 members (excludes halogenated alkanes) is 3. The fourth-order valence-electron chi connectivity index (χ4n) is 2.40. The summed E-state index contributed by atoms with van der Waals surface area (Å²) in [5.74, 6) is 0.426. The third-order valence-corrected chi connectivity index (χ3v) is 3.51. The van der Waals surface area contributed by atoms with Gasteiger partial charge in [0, 0.05) is 0 Å². The zero-order valence-electron chi connectivity index (χ0n) is 13.6. The number of carbonyl (C=O) groups is 1. The van der Waals surface area contributed by atoms with Crippen molar-refractivity contribution in [2.75, 3.05) is 0 Å². The zero-order valence-corrected chi connectivity index (χ0v) is 13.6. The van der Waals surface area contributed by atoms with Crippen LogP contribution in [0.25, 0.3) is 0 Å². The minimum absolute atomic E-state index is 0.333. The minimum atomic E-state index is -0.333. The maximum atomic E-state index is 12.4. The van der Waals surface area contributed by atoms with Gasteiger partial charge in [0.05, 0.1) is 23.8 Å². The van der Waals surface area contributed by atoms with Crippen molar-refractivity contribution in [2.24, 2.45) is 5.92 Å². The summed E-state index contributed by atoms with van der Waals surface area (Å²) in [6.07, 6.45) is 9.33. The molecule has 2 aromatic heterocycles. The average molecular weight is 304 g/mol. The second-order valence-electron chi connectivity index (χ2n) is 5.93. The summed E-state index contributed by atoms with van der Waals surface area (Å²) in [6, 6.07) is -0.333. The van der Waals surface area contributed by atoms with E-state index in [9.17, 15) is 4.79 Å². The molecule has 0 aliphatic heterocycles. The number of hydrogen-bond donors (Lipinski definition) is 0. The Hall–Kier alpha value is -2.05. The summed E-state index contributed by atoms with van der Waals surface area (Å²) in [5.41, 5.74) is 1.82. The molecule has 0 aromatic carbocycles. The van der Waals surface area contributed by atoms with E-state index in [0.717, 1.165) is 30.7 Å². The molecule has 0 unspecified atom stereocenters. The van der Waals surface area contributed by atoms with Gasteiger partial charge < -0.3 is 0 Å². The molecule has 0 saturated heterocycles. The van der Waals surface area contributed by atoms with Crippen LogP contribution in [0.5, 0.6) is 0 Å². The topological polar surface area (TPSA) is 78.5 Å². The van der Waals surface area contributed by atoms with Crippen molar-refractivity contribution >= 4 is 6.03 Å². The van der Waals surface area contributed by atoms with Crippen LogP contribution in [-0.2, 0) is 12.8 Å². The van der Waals surface area contributed by atoms with E-state index in [1.54, 1.807) is 0 Å². The van der Waals surface area contributed by atoms with Crippen LogP contribution in [0.15, 0.2) is 12.4 Å². The van der Waals surface area contributed by atoms with Gasteiger partial charge >= 0.3 is 6.03 Å². The Labute approximate surface area is 130 Å². The van der Waals surface area contributed by atoms with Crippen molar-refractivity contribution in [2.45, 2.75) is 59.3 Å². The van der Waals surface area contributed by atoms with E-state index in [-0.39, 0.29) is 6.03 Å². The smallest absolute Gasteiger partial charge is 0.243 e. The molecule has 7 nitrogen and oxygen atoms in total. The average Bonchev–Trinajstić information content (AvgIpc) is 3.13. The van der Waals surface area contributed by atoms with Gasteiger partial charge in [0.2, 0.25) is 0 Å². The van der Waals surface area contributed by atoms with Crippen LogP contribution in [0.3, 0.4) is 0 Å². The Morgan fingerprint density at radius 1 is 1.23 bits per heavy atom. The molecule has 0 bridgehead atoms. The largest absolute Gasteiger partial charge is 0.372 e. The highest BCUT2D eigenvalue weighted by molar-refractivity contribution is 5.77. The molecule has 0 aliphatic carbocycles. The molecule has 0 amide bonds. The molecule has 2 aromatic rings. The van der Waals surface area contributed by atoms with Gasteiger partial charge in [0.15, 0.2) is 0 Å². The molecule has 22 heavy (non-hydrogen) atoms. The van der Waals surface area contributed by atoms with E-state index in [4.69, 9.17) is 0 Å². The van der Waals surface area contributed by atoms with Gasteiger partial charge in [-0.2, -0.15) is 9.36 Å². The molecule has 0 atom stereocenters. The molecule has 0 saturated carbocycles. The summed E-state index contributed by atoms with van der Waals surface area (Å²) < 4.78 is 2.54. The Bertz CT molecular complexity index is 587. The number of nitrogens with zero attached hydrogens (tertiary/aromatic N) is 6. The Balaban J connectivity index is 2.18. The first-order chi connectivity index (χ1) is 10.6. The fraction of sp³-hybridized carbons (Fsp3) is 0.667. The minimum Gasteiger partial charge on any atom is -0.243 e. The first-order valence-corrected chi connectivity index (χ1v) is 7.98. The summed E-state index contributed by atoms with van der Waals surface area (Å²) in [6.45, 7) is 6.44. The van der Waals surface area contributed by atoms with Crippen molar-refractivity contribution in [3.8, 4) is 0 Å². The maximum absolute atomic E-state index is 12.4. The summed E-state index contributed by atoms with van der Waals surface area (Å²) in [7, 11) is 0. The molecule has 2 rings (SSSR count). The number of hydrogen-bond acceptors (Lipinski definition) is 5. The van der Waals surface area contributed by atoms with Crippen LogP contribution < -0.4 is 0 Å². The molecular formula is C15H24N6O. The molecule has 120 valence electrons. The Morgan fingerprint density at radius 2 is 2.05 bits per heavy atom. The Morgan fingerprint density at radius 3 is 2.68 bits per heavy atom. The first-order valence-electron chi connectivity index (χ1n) is 7.98. The number of aromatic nitrogens is 6. The number of carbonyl (C=O) groups excluding carboxylic acids is 1. The molecule has 0 fully saturated rings. The predicted molar refractivity (Wildman–Crippen MR) is 82.6 cm³/mol. The van der Waals surface area contributed by atoms with Crippen LogP contribution >= 0.6 is 0 Å². The standard InChI is InChI=1S/C15H24N6O/c1-4-5-6-7-8-13-14(11-12(2)3)21(19-17-13)15(22)20-10-9-16-18-20/h9-10,12H,4-8,11H2,1-3H3. The van der Waals surface area contributed by atoms with Crippen LogP contribution in [0.4, 0.5) is 4.79 Å². The van der Waals surface area contributed by atoms with E-state index >= 15 is 0 Å². The lowest BCUT2D eigenvalue weighted by atomic mass is 10.0. The molecule has 0 N–H and O–H groups in total. The highest BCUT2D eigenvalue weighted by atomic mass is 16.2. The maximum Gasteiger partial charge on any atom is 0.372 e. The van der Waals surface area contributed by atoms with Gasteiger partial charge in [0.1, 0.15) is 0 Å². The van der Waals surface area contributed by atoms with Crippen molar-refractivity contribution in [1.82, 2.24) is 30.0 Å². The van der Waals surface area contributed by atoms with E-state index in [1.165, 1.54) is 41.0 Å². The van der Waals surface area contributed by atoms with Crippen LogP contribution in [-0.4, -0.2) is 36.0 Å². The lowest BCUT2D eigenvalue weighted by Gasteiger charge is -2.09. The van der Waals surface area contributed by atoms with Crippen molar-refractivity contribution in [3.05, 3.63) is 23.8 Å². The normalized spacial score (nSPS) is 11.3. The van der Waals surface area contributed by atoms with Gasteiger partial charge in [-0.25, -0.2) is 4.79 Å². The summed E-state index contributed by atoms with van der Waals surface area (Å²) in [4.78, 5) is 12.4. The van der Waals surface area contributed by atoms with E-state index in [0.29, 0.717) is 5.92 Å². The third kappa shape index (κ3) is 3.99. The highest BCUT2D eigenvalue weighted by Gasteiger charge is 2.20. The van der Waals surface area contributed by atoms with Gasteiger partial charge in [-0.05, 0) is 25.2 Å². The van der Waals surface area contributed by atoms with E-state index < -0.39 is 0 Å². The molecule has 0 spiro atoms. The van der Waals surface area contributed by atoms with Crippen molar-refractivity contribution < 1.29 is 4.79 Å². The van der Waals surface area contributed by atoms with Gasteiger partial charge in [-0.15, -0.1) is 10.2 Å². The lowest BCUT2D eigenvalue weighted by Crippen LogP contribution is -2.24. The second-order valence-corrected chi connectivity index (χ2v) is 5.93. The first kappa shape index (κ1) is 16.3. The molecule has 2 heterocycles. The van der Waals surface area contributed by atoms with E-state index in [2.05, 4.69) is 41.4 Å². The lowest BCUT2D eigenvalue weighted by molar-refractivity contribution is 0.236. The number of aryl methyl sites for hydroxylation is 1. The molecular weight excluding hydrogens is 280 g/mol. The molecule has 0 aliphatic rings. The summed E-state index contributed by atoms with van der Waals surface area (Å²) in [5, 5.41) is 15.7. The third-order valence-electron chi connectivity index (χ3n) is 3.51. The van der Waals surface area contributed by atoms with Crippen LogP contribution in [0.1, 0.15) is 57.8 Å². The van der Waals surface area contributed by atoms with Gasteiger partial charge in [0.25, 0.3) is 0 Å². The van der Waals surface area contributed by atoms with Gasteiger partial charge in [-0.3, -0.25) is 0 Å². The van der Waals surface area contributed by atoms with Gasteiger partial charge in [-0.1, -0.05) is 50.5 Å². The fourth-order valence-corrected chi connectivity index (χ4v) is 2.40.